The zero-order valence-corrected chi connectivity index (χ0v) is 7.38. The van der Waals surface area contributed by atoms with Crippen molar-refractivity contribution in [3.63, 3.8) is 0 Å². The van der Waals surface area contributed by atoms with Crippen LogP contribution in [0.2, 0.25) is 0 Å². The van der Waals surface area contributed by atoms with Gasteiger partial charge in [0.1, 0.15) is 0 Å². The zero-order valence-electron chi connectivity index (χ0n) is 7.38. The van der Waals surface area contributed by atoms with Crippen LogP contribution in [0.1, 0.15) is 25.7 Å². The van der Waals surface area contributed by atoms with Crippen LogP contribution in [0.15, 0.2) is 0 Å². The van der Waals surface area contributed by atoms with Gasteiger partial charge in [0.2, 0.25) is 6.41 Å². The molecule has 0 aromatic rings. The Hall–Kier alpha value is -0.570. The minimum Gasteiger partial charge on any atom is -0.343 e. The van der Waals surface area contributed by atoms with Crippen molar-refractivity contribution in [2.45, 2.75) is 31.2 Å². The predicted molar refractivity (Wildman–Crippen MR) is 46.8 cm³/mol. The van der Waals surface area contributed by atoms with E-state index >= 15 is 0 Å². The van der Waals surface area contributed by atoms with Crippen LogP contribution >= 0.6 is 0 Å². The van der Waals surface area contributed by atoms with Crippen molar-refractivity contribution in [2.24, 2.45) is 0 Å². The smallest absolute Gasteiger partial charge is 0.209 e. The first-order valence-electron chi connectivity index (χ1n) is 4.79. The minimum absolute atomic E-state index is 0.291. The monoisotopic (exact) mass is 168 g/mol. The van der Waals surface area contributed by atoms with Gasteiger partial charge in [-0.3, -0.25) is 4.79 Å². The van der Waals surface area contributed by atoms with Gasteiger partial charge in [-0.05, 0) is 25.8 Å². The van der Waals surface area contributed by atoms with Crippen molar-refractivity contribution in [1.29, 1.82) is 0 Å². The van der Waals surface area contributed by atoms with Crippen molar-refractivity contribution < 1.29 is 4.79 Å². The first-order valence-corrected chi connectivity index (χ1v) is 4.79. The first-order chi connectivity index (χ1) is 5.85. The number of carbonyl (C=O) groups is 1. The molecule has 3 heteroatoms. The molecule has 0 radical (unpaired) electrons. The number of amides is 1. The highest BCUT2D eigenvalue weighted by molar-refractivity contribution is 5.48. The lowest BCUT2D eigenvalue weighted by molar-refractivity contribution is -0.117. The molecule has 2 saturated heterocycles. The maximum Gasteiger partial charge on any atom is 0.209 e. The molecule has 0 aromatic heterocycles. The summed E-state index contributed by atoms with van der Waals surface area (Å²) in [6.45, 7) is 3.00. The van der Waals surface area contributed by atoms with E-state index in [1.165, 1.54) is 19.3 Å². The van der Waals surface area contributed by atoms with Gasteiger partial charge >= 0.3 is 0 Å². The molecule has 1 atom stereocenters. The number of rotatable bonds is 1. The highest BCUT2D eigenvalue weighted by atomic mass is 16.1. The molecule has 2 aliphatic heterocycles. The van der Waals surface area contributed by atoms with Crippen LogP contribution in [0.3, 0.4) is 0 Å². The third-order valence-electron chi connectivity index (χ3n) is 3.11. The number of piperidine rings is 1. The second-order valence-electron chi connectivity index (χ2n) is 3.99. The number of nitrogens with one attached hydrogen (secondary N) is 1. The normalized spacial score (nSPS) is 35.8. The van der Waals surface area contributed by atoms with Gasteiger partial charge in [-0.1, -0.05) is 6.42 Å². The average Bonchev–Trinajstić information content (AvgIpc) is 2.50. The minimum atomic E-state index is 0.291. The molecule has 1 unspecified atom stereocenters. The SMILES string of the molecule is O=CN1CCC2(CCCCN2)C1. The largest absolute Gasteiger partial charge is 0.343 e. The van der Waals surface area contributed by atoms with Crippen LogP contribution in [-0.4, -0.2) is 36.5 Å². The Bertz CT molecular complexity index is 175. The van der Waals surface area contributed by atoms with E-state index in [1.807, 2.05) is 4.90 Å². The molecule has 2 fully saturated rings. The molecule has 2 aliphatic rings. The van der Waals surface area contributed by atoms with Gasteiger partial charge in [0.05, 0.1) is 0 Å². The van der Waals surface area contributed by atoms with Gasteiger partial charge in [-0.2, -0.15) is 0 Å². The molecule has 0 saturated carbocycles. The Morgan fingerprint density at radius 1 is 1.33 bits per heavy atom. The standard InChI is InChI=1S/C9H16N2O/c12-8-11-6-4-9(7-11)3-1-2-5-10-9/h8,10H,1-7H2. The third-order valence-corrected chi connectivity index (χ3v) is 3.11. The molecule has 1 spiro atoms. The Kier molecular flexibility index (Phi) is 2.05. The predicted octanol–water partition coefficient (Wildman–Crippen LogP) is 0.361. The van der Waals surface area contributed by atoms with E-state index in [9.17, 15) is 4.79 Å². The fourth-order valence-electron chi connectivity index (χ4n) is 2.37. The molecule has 1 amide bonds. The Labute approximate surface area is 73.1 Å². The first kappa shape index (κ1) is 8.05. The molecule has 2 rings (SSSR count). The van der Waals surface area contributed by atoms with Gasteiger partial charge in [0.25, 0.3) is 0 Å². The summed E-state index contributed by atoms with van der Waals surface area (Å²) in [5.41, 5.74) is 0.291. The third kappa shape index (κ3) is 1.33. The second-order valence-corrected chi connectivity index (χ2v) is 3.99. The van der Waals surface area contributed by atoms with Crippen LogP contribution in [-0.2, 0) is 4.79 Å². The number of likely N-dealkylation sites (tertiary alicyclic amines) is 1. The van der Waals surface area contributed by atoms with Gasteiger partial charge in [-0.15, -0.1) is 0 Å². The van der Waals surface area contributed by atoms with Crippen molar-refractivity contribution in [3.05, 3.63) is 0 Å². The van der Waals surface area contributed by atoms with Crippen LogP contribution in [0.25, 0.3) is 0 Å². The van der Waals surface area contributed by atoms with Crippen LogP contribution in [0, 0.1) is 0 Å². The topological polar surface area (TPSA) is 32.3 Å². The molecule has 1 N–H and O–H groups in total. The summed E-state index contributed by atoms with van der Waals surface area (Å²) in [7, 11) is 0. The van der Waals surface area contributed by atoms with E-state index in [4.69, 9.17) is 0 Å². The van der Waals surface area contributed by atoms with E-state index in [-0.39, 0.29) is 0 Å². The van der Waals surface area contributed by atoms with E-state index in [0.29, 0.717) is 5.54 Å². The van der Waals surface area contributed by atoms with Crippen LogP contribution < -0.4 is 5.32 Å². The Morgan fingerprint density at radius 2 is 2.25 bits per heavy atom. The number of nitrogens with zero attached hydrogens (tertiary/aromatic N) is 1. The molecular formula is C9H16N2O. The van der Waals surface area contributed by atoms with Gasteiger partial charge in [0.15, 0.2) is 0 Å². The molecule has 12 heavy (non-hydrogen) atoms. The summed E-state index contributed by atoms with van der Waals surface area (Å²) >= 11 is 0. The fourth-order valence-corrected chi connectivity index (χ4v) is 2.37. The van der Waals surface area contributed by atoms with E-state index in [1.54, 1.807) is 0 Å². The second kappa shape index (κ2) is 3.05. The Balaban J connectivity index is 1.98. The molecular weight excluding hydrogens is 152 g/mol. The van der Waals surface area contributed by atoms with Crippen molar-refractivity contribution >= 4 is 6.41 Å². The molecule has 3 nitrogen and oxygen atoms in total. The lowest BCUT2D eigenvalue weighted by Gasteiger charge is -2.34. The van der Waals surface area contributed by atoms with Gasteiger partial charge in [0, 0.05) is 18.6 Å². The average molecular weight is 168 g/mol. The molecule has 0 aromatic carbocycles. The highest BCUT2D eigenvalue weighted by Crippen LogP contribution is 2.28. The lowest BCUT2D eigenvalue weighted by atomic mass is 9.88. The number of hydrogen-bond acceptors (Lipinski definition) is 2. The zero-order chi connectivity index (χ0) is 8.44. The summed E-state index contributed by atoms with van der Waals surface area (Å²) in [6, 6.07) is 0. The van der Waals surface area contributed by atoms with Gasteiger partial charge in [-0.25, -0.2) is 0 Å². The van der Waals surface area contributed by atoms with Crippen molar-refractivity contribution in [3.8, 4) is 0 Å². The Morgan fingerprint density at radius 3 is 2.83 bits per heavy atom. The van der Waals surface area contributed by atoms with E-state index in [2.05, 4.69) is 5.32 Å². The van der Waals surface area contributed by atoms with E-state index < -0.39 is 0 Å². The molecule has 0 aliphatic carbocycles. The van der Waals surface area contributed by atoms with Crippen LogP contribution in [0.4, 0.5) is 0 Å². The summed E-state index contributed by atoms with van der Waals surface area (Å²) in [5, 5.41) is 3.56. The highest BCUT2D eigenvalue weighted by Gasteiger charge is 2.37. The van der Waals surface area contributed by atoms with Crippen molar-refractivity contribution in [1.82, 2.24) is 10.2 Å². The summed E-state index contributed by atoms with van der Waals surface area (Å²) < 4.78 is 0. The summed E-state index contributed by atoms with van der Waals surface area (Å²) in [4.78, 5) is 12.4. The van der Waals surface area contributed by atoms with Gasteiger partial charge < -0.3 is 10.2 Å². The number of hydrogen-bond donors (Lipinski definition) is 1. The van der Waals surface area contributed by atoms with Crippen LogP contribution in [0.5, 0.6) is 0 Å². The lowest BCUT2D eigenvalue weighted by Crippen LogP contribution is -2.50. The molecule has 68 valence electrons. The molecule has 2 heterocycles. The summed E-state index contributed by atoms with van der Waals surface area (Å²) in [6.07, 6.45) is 5.98. The van der Waals surface area contributed by atoms with Crippen molar-refractivity contribution in [2.75, 3.05) is 19.6 Å². The molecule has 0 bridgehead atoms. The maximum atomic E-state index is 10.5. The fraction of sp³-hybridized carbons (Fsp3) is 0.889. The quantitative estimate of drug-likeness (QED) is 0.573. The van der Waals surface area contributed by atoms with E-state index in [0.717, 1.165) is 32.5 Å². The maximum absolute atomic E-state index is 10.5. The number of carbonyl (C=O) groups excluding carboxylic acids is 1. The summed E-state index contributed by atoms with van der Waals surface area (Å²) in [5.74, 6) is 0.